The Morgan fingerprint density at radius 1 is 0.781 bits per heavy atom. The van der Waals surface area contributed by atoms with Crippen molar-refractivity contribution in [3.63, 3.8) is 0 Å². The summed E-state index contributed by atoms with van der Waals surface area (Å²) in [5.41, 5.74) is 3.58. The van der Waals surface area contributed by atoms with Crippen LogP contribution in [-0.4, -0.2) is 15.7 Å². The van der Waals surface area contributed by atoms with Crippen molar-refractivity contribution < 1.29 is 4.79 Å². The largest absolute Gasteiger partial charge is 0.345 e. The Hall–Kier alpha value is -3.99. The summed E-state index contributed by atoms with van der Waals surface area (Å²) in [7, 11) is 0. The van der Waals surface area contributed by atoms with Crippen LogP contribution in [0, 0.1) is 0 Å². The SMILES string of the molecule is O=C(CCCn1nc(-c2ccccc2)ccc1=O)NC(c1ccccc1)c1ccccc1. The van der Waals surface area contributed by atoms with Crippen molar-refractivity contribution in [2.24, 2.45) is 0 Å². The summed E-state index contributed by atoms with van der Waals surface area (Å²) in [6.45, 7) is 0.383. The first-order valence-corrected chi connectivity index (χ1v) is 10.7. The first-order valence-electron chi connectivity index (χ1n) is 10.7. The van der Waals surface area contributed by atoms with Gasteiger partial charge in [0.2, 0.25) is 5.91 Å². The Kier molecular flexibility index (Phi) is 6.88. The molecule has 0 aliphatic rings. The minimum absolute atomic E-state index is 0.0602. The van der Waals surface area contributed by atoms with Gasteiger partial charge >= 0.3 is 0 Å². The van der Waals surface area contributed by atoms with Crippen LogP contribution in [0.3, 0.4) is 0 Å². The number of hydrogen-bond donors (Lipinski definition) is 1. The summed E-state index contributed by atoms with van der Waals surface area (Å²) in [6, 6.07) is 32.6. The zero-order valence-corrected chi connectivity index (χ0v) is 17.7. The van der Waals surface area contributed by atoms with Gasteiger partial charge in [0.1, 0.15) is 0 Å². The molecule has 0 aliphatic heterocycles. The maximum Gasteiger partial charge on any atom is 0.266 e. The molecule has 4 aromatic rings. The van der Waals surface area contributed by atoms with Crippen molar-refractivity contribution in [2.45, 2.75) is 25.4 Å². The molecule has 0 unspecified atom stereocenters. The van der Waals surface area contributed by atoms with Gasteiger partial charge in [-0.3, -0.25) is 9.59 Å². The number of nitrogens with zero attached hydrogens (tertiary/aromatic N) is 2. The van der Waals surface area contributed by atoms with E-state index < -0.39 is 0 Å². The highest BCUT2D eigenvalue weighted by Gasteiger charge is 2.16. The number of hydrogen-bond acceptors (Lipinski definition) is 3. The molecule has 0 aliphatic carbocycles. The van der Waals surface area contributed by atoms with Crippen LogP contribution in [0.1, 0.15) is 30.0 Å². The van der Waals surface area contributed by atoms with E-state index >= 15 is 0 Å². The highest BCUT2D eigenvalue weighted by atomic mass is 16.1. The summed E-state index contributed by atoms with van der Waals surface area (Å²) in [6.07, 6.45) is 0.827. The summed E-state index contributed by atoms with van der Waals surface area (Å²) < 4.78 is 1.43. The lowest BCUT2D eigenvalue weighted by Crippen LogP contribution is -2.30. The van der Waals surface area contributed by atoms with Gasteiger partial charge in [-0.05, 0) is 23.6 Å². The van der Waals surface area contributed by atoms with Crippen LogP contribution in [0.5, 0.6) is 0 Å². The minimum atomic E-state index is -0.216. The van der Waals surface area contributed by atoms with E-state index in [4.69, 9.17) is 0 Å². The maximum absolute atomic E-state index is 12.7. The molecular weight excluding hydrogens is 398 g/mol. The van der Waals surface area contributed by atoms with E-state index in [1.807, 2.05) is 91.0 Å². The van der Waals surface area contributed by atoms with E-state index in [1.54, 1.807) is 6.07 Å². The molecule has 0 radical (unpaired) electrons. The Labute approximate surface area is 187 Å². The molecule has 0 saturated heterocycles. The van der Waals surface area contributed by atoms with Crippen molar-refractivity contribution in [2.75, 3.05) is 0 Å². The van der Waals surface area contributed by atoms with Gasteiger partial charge in [-0.1, -0.05) is 91.0 Å². The fourth-order valence-electron chi connectivity index (χ4n) is 3.64. The summed E-state index contributed by atoms with van der Waals surface area (Å²) in [4.78, 5) is 25.0. The van der Waals surface area contributed by atoms with E-state index in [2.05, 4.69) is 10.4 Å². The zero-order valence-electron chi connectivity index (χ0n) is 17.7. The van der Waals surface area contributed by atoms with Crippen LogP contribution in [0.2, 0.25) is 0 Å². The van der Waals surface area contributed by atoms with Crippen LogP contribution >= 0.6 is 0 Å². The standard InChI is InChI=1S/C27H25N3O2/c31-25(28-27(22-13-6-2-7-14-22)23-15-8-3-9-16-23)17-10-20-30-26(32)19-18-24(29-30)21-11-4-1-5-12-21/h1-9,11-16,18-19,27H,10,17,20H2,(H,28,31). The van der Waals surface area contributed by atoms with Crippen molar-refractivity contribution in [1.29, 1.82) is 0 Å². The van der Waals surface area contributed by atoms with E-state index in [1.165, 1.54) is 10.7 Å². The van der Waals surface area contributed by atoms with Crippen LogP contribution in [0.25, 0.3) is 11.3 Å². The number of rotatable bonds is 8. The minimum Gasteiger partial charge on any atom is -0.345 e. The Morgan fingerprint density at radius 2 is 1.34 bits per heavy atom. The van der Waals surface area contributed by atoms with Crippen molar-refractivity contribution in [1.82, 2.24) is 15.1 Å². The average molecular weight is 424 g/mol. The quantitative estimate of drug-likeness (QED) is 0.451. The van der Waals surface area contributed by atoms with Crippen LogP contribution in [0.4, 0.5) is 0 Å². The van der Waals surface area contributed by atoms with Crippen LogP contribution in [0.15, 0.2) is 108 Å². The molecule has 3 aromatic carbocycles. The molecule has 0 fully saturated rings. The Bertz CT molecular complexity index is 1170. The second-order valence-corrected chi connectivity index (χ2v) is 7.57. The second kappa shape index (κ2) is 10.4. The number of aromatic nitrogens is 2. The van der Waals surface area contributed by atoms with E-state index in [-0.39, 0.29) is 17.5 Å². The van der Waals surface area contributed by atoms with Gasteiger partial charge in [0, 0.05) is 24.6 Å². The molecule has 0 atom stereocenters. The number of carbonyl (C=O) groups is 1. The molecule has 4 rings (SSSR count). The topological polar surface area (TPSA) is 64.0 Å². The fourth-order valence-corrected chi connectivity index (χ4v) is 3.64. The zero-order chi connectivity index (χ0) is 22.2. The second-order valence-electron chi connectivity index (χ2n) is 7.57. The van der Waals surface area contributed by atoms with E-state index in [0.717, 1.165) is 22.4 Å². The average Bonchev–Trinajstić information content (AvgIpc) is 2.85. The van der Waals surface area contributed by atoms with Gasteiger partial charge in [-0.15, -0.1) is 0 Å². The summed E-state index contributed by atoms with van der Waals surface area (Å²) in [5.74, 6) is -0.0602. The molecule has 32 heavy (non-hydrogen) atoms. The monoisotopic (exact) mass is 423 g/mol. The predicted octanol–water partition coefficient (Wildman–Crippen LogP) is 4.60. The van der Waals surface area contributed by atoms with Gasteiger partial charge in [0.25, 0.3) is 5.56 Å². The predicted molar refractivity (Wildman–Crippen MR) is 126 cm³/mol. The molecule has 1 heterocycles. The smallest absolute Gasteiger partial charge is 0.266 e. The van der Waals surface area contributed by atoms with E-state index in [9.17, 15) is 9.59 Å². The third kappa shape index (κ3) is 5.38. The molecule has 0 bridgehead atoms. The lowest BCUT2D eigenvalue weighted by atomic mass is 9.98. The highest BCUT2D eigenvalue weighted by Crippen LogP contribution is 2.22. The number of carbonyl (C=O) groups excluding carboxylic acids is 1. The number of benzene rings is 3. The number of nitrogens with one attached hydrogen (secondary N) is 1. The van der Waals surface area contributed by atoms with Gasteiger partial charge in [-0.2, -0.15) is 5.10 Å². The van der Waals surface area contributed by atoms with Gasteiger partial charge in [0.15, 0.2) is 0 Å². The Balaban J connectivity index is 1.41. The normalized spacial score (nSPS) is 10.8. The molecule has 1 amide bonds. The molecule has 1 aromatic heterocycles. The van der Waals surface area contributed by atoms with Crippen molar-refractivity contribution >= 4 is 5.91 Å². The lowest BCUT2D eigenvalue weighted by molar-refractivity contribution is -0.121. The number of amides is 1. The van der Waals surface area contributed by atoms with Crippen molar-refractivity contribution in [3.05, 3.63) is 125 Å². The lowest BCUT2D eigenvalue weighted by Gasteiger charge is -2.20. The summed E-state index contributed by atoms with van der Waals surface area (Å²) in [5, 5.41) is 7.61. The molecule has 160 valence electrons. The number of aryl methyl sites for hydroxylation is 1. The molecule has 5 heteroatoms. The molecule has 1 N–H and O–H groups in total. The fraction of sp³-hybridized carbons (Fsp3) is 0.148. The van der Waals surface area contributed by atoms with Crippen molar-refractivity contribution in [3.8, 4) is 11.3 Å². The van der Waals surface area contributed by atoms with Crippen LogP contribution < -0.4 is 10.9 Å². The van der Waals surface area contributed by atoms with Gasteiger partial charge < -0.3 is 5.32 Å². The summed E-state index contributed by atoms with van der Waals surface area (Å²) >= 11 is 0. The van der Waals surface area contributed by atoms with Gasteiger partial charge in [0.05, 0.1) is 11.7 Å². The first kappa shape index (κ1) is 21.2. The molecule has 0 saturated carbocycles. The molecule has 5 nitrogen and oxygen atoms in total. The molecule has 0 spiro atoms. The third-order valence-electron chi connectivity index (χ3n) is 5.28. The highest BCUT2D eigenvalue weighted by molar-refractivity contribution is 5.77. The van der Waals surface area contributed by atoms with E-state index in [0.29, 0.717) is 19.4 Å². The maximum atomic E-state index is 12.7. The van der Waals surface area contributed by atoms with Gasteiger partial charge in [-0.25, -0.2) is 4.68 Å². The van der Waals surface area contributed by atoms with Crippen LogP contribution in [-0.2, 0) is 11.3 Å². The molecular formula is C27H25N3O2. The first-order chi connectivity index (χ1) is 15.7. The third-order valence-corrected chi connectivity index (χ3v) is 5.28. The Morgan fingerprint density at radius 3 is 1.94 bits per heavy atom.